The van der Waals surface area contributed by atoms with Gasteiger partial charge in [0.05, 0.1) is 15.6 Å². The van der Waals surface area contributed by atoms with Gasteiger partial charge in [-0.2, -0.15) is 0 Å². The van der Waals surface area contributed by atoms with Crippen LogP contribution in [0, 0.1) is 21.8 Å². The van der Waals surface area contributed by atoms with Crippen molar-refractivity contribution in [2.75, 3.05) is 5.33 Å². The molecule has 0 fully saturated rings. The molecule has 1 atom stereocenters. The van der Waals surface area contributed by atoms with Crippen LogP contribution in [-0.2, 0) is 6.54 Å². The van der Waals surface area contributed by atoms with E-state index < -0.39 is 0 Å². The number of rotatable bonds is 3. The Labute approximate surface area is 124 Å². The second-order valence-corrected chi connectivity index (χ2v) is 7.04. The van der Waals surface area contributed by atoms with Gasteiger partial charge in [0.2, 0.25) is 0 Å². The molecule has 0 saturated heterocycles. The number of halogens is 2. The van der Waals surface area contributed by atoms with Crippen LogP contribution in [-0.4, -0.2) is 14.9 Å². The van der Waals surface area contributed by atoms with Gasteiger partial charge >= 0.3 is 0 Å². The Hall–Kier alpha value is 0.0900. The topological polar surface area (TPSA) is 34.9 Å². The lowest BCUT2D eigenvalue weighted by molar-refractivity contribution is 0.236. The maximum absolute atomic E-state index is 12.1. The fourth-order valence-corrected chi connectivity index (χ4v) is 3.09. The molecular weight excluding hydrogens is 395 g/mol. The van der Waals surface area contributed by atoms with Crippen molar-refractivity contribution in [3.63, 3.8) is 0 Å². The van der Waals surface area contributed by atoms with Crippen molar-refractivity contribution in [2.24, 2.45) is 11.3 Å². The van der Waals surface area contributed by atoms with Crippen molar-refractivity contribution >= 4 is 38.5 Å². The maximum atomic E-state index is 12.1. The normalized spacial score (nSPS) is 13.8. The van der Waals surface area contributed by atoms with Crippen molar-refractivity contribution in [3.05, 3.63) is 25.9 Å². The molecule has 1 heterocycles. The highest BCUT2D eigenvalue weighted by Gasteiger charge is 2.24. The lowest BCUT2D eigenvalue weighted by atomic mass is 9.82. The molecule has 5 heteroatoms. The molecule has 0 N–H and O–H groups in total. The number of alkyl halides is 1. The average molecular weight is 413 g/mol. The first-order valence-electron chi connectivity index (χ1n) is 5.55. The predicted molar refractivity (Wildman–Crippen MR) is 82.7 cm³/mol. The van der Waals surface area contributed by atoms with Gasteiger partial charge in [-0.25, -0.2) is 4.98 Å². The zero-order chi connectivity index (χ0) is 13.2. The van der Waals surface area contributed by atoms with Crippen LogP contribution in [0.3, 0.4) is 0 Å². The SMILES string of the molecule is Cc1ncn(CC(CBr)C(C)(C)C)c(=O)c1I. The second kappa shape index (κ2) is 5.82. The minimum Gasteiger partial charge on any atom is -0.298 e. The van der Waals surface area contributed by atoms with E-state index in [1.807, 2.05) is 6.92 Å². The molecule has 0 saturated carbocycles. The van der Waals surface area contributed by atoms with Crippen molar-refractivity contribution in [3.8, 4) is 0 Å². The average Bonchev–Trinajstić information content (AvgIpc) is 2.23. The molecule has 0 bridgehead atoms. The summed E-state index contributed by atoms with van der Waals surface area (Å²) in [4.78, 5) is 16.3. The summed E-state index contributed by atoms with van der Waals surface area (Å²) in [5.41, 5.74) is 1.03. The molecule has 0 spiro atoms. The Bertz CT molecular complexity index is 451. The molecule has 1 aromatic heterocycles. The molecule has 0 radical (unpaired) electrons. The molecular formula is C12H18BrIN2O. The first kappa shape index (κ1) is 15.1. The highest BCUT2D eigenvalue weighted by atomic mass is 127. The number of aromatic nitrogens is 2. The second-order valence-electron chi connectivity index (χ2n) is 5.32. The summed E-state index contributed by atoms with van der Waals surface area (Å²) < 4.78 is 2.43. The van der Waals surface area contributed by atoms with Gasteiger partial charge in [0, 0.05) is 11.9 Å². The molecule has 1 aromatic rings. The van der Waals surface area contributed by atoms with Crippen LogP contribution in [0.15, 0.2) is 11.1 Å². The Kier molecular flexibility index (Phi) is 5.19. The quantitative estimate of drug-likeness (QED) is 0.564. The van der Waals surface area contributed by atoms with Crippen LogP contribution in [0.2, 0.25) is 0 Å². The first-order chi connectivity index (χ1) is 7.77. The van der Waals surface area contributed by atoms with Gasteiger partial charge in [0.15, 0.2) is 0 Å². The largest absolute Gasteiger partial charge is 0.298 e. The number of aryl methyl sites for hydroxylation is 1. The molecule has 0 aromatic carbocycles. The Morgan fingerprint density at radius 1 is 1.53 bits per heavy atom. The summed E-state index contributed by atoms with van der Waals surface area (Å²) in [7, 11) is 0. The minimum atomic E-state index is 0.0632. The van der Waals surface area contributed by atoms with Gasteiger partial charge in [-0.3, -0.25) is 9.36 Å². The zero-order valence-corrected chi connectivity index (χ0v) is 14.4. The van der Waals surface area contributed by atoms with E-state index in [1.165, 1.54) is 0 Å². The van der Waals surface area contributed by atoms with E-state index in [9.17, 15) is 4.79 Å². The van der Waals surface area contributed by atoms with E-state index in [2.05, 4.69) is 64.3 Å². The summed E-state index contributed by atoms with van der Waals surface area (Å²) >= 11 is 5.60. The van der Waals surface area contributed by atoms with Crippen LogP contribution >= 0.6 is 38.5 Å². The summed E-state index contributed by atoms with van der Waals surface area (Å²) in [5, 5.41) is 0.882. The lowest BCUT2D eigenvalue weighted by Gasteiger charge is -2.29. The Balaban J connectivity index is 3.04. The van der Waals surface area contributed by atoms with E-state index in [0.717, 1.165) is 11.0 Å². The van der Waals surface area contributed by atoms with Gasteiger partial charge in [0.1, 0.15) is 0 Å². The van der Waals surface area contributed by atoms with E-state index in [-0.39, 0.29) is 11.0 Å². The zero-order valence-electron chi connectivity index (χ0n) is 10.6. The first-order valence-corrected chi connectivity index (χ1v) is 7.75. The van der Waals surface area contributed by atoms with Gasteiger partial charge in [-0.15, -0.1) is 0 Å². The summed E-state index contributed by atoms with van der Waals surface area (Å²) in [6.45, 7) is 9.14. The summed E-state index contributed by atoms with van der Waals surface area (Å²) in [5.74, 6) is 0.403. The van der Waals surface area contributed by atoms with Crippen LogP contribution in [0.1, 0.15) is 26.5 Å². The molecule has 96 valence electrons. The third-order valence-electron chi connectivity index (χ3n) is 2.99. The van der Waals surface area contributed by atoms with Gasteiger partial charge in [-0.1, -0.05) is 36.7 Å². The fourth-order valence-electron chi connectivity index (χ4n) is 1.47. The van der Waals surface area contributed by atoms with Crippen molar-refractivity contribution < 1.29 is 0 Å². The third-order valence-corrected chi connectivity index (χ3v) is 5.01. The maximum Gasteiger partial charge on any atom is 0.267 e. The molecule has 0 aliphatic heterocycles. The highest BCUT2D eigenvalue weighted by Crippen LogP contribution is 2.28. The summed E-state index contributed by atoms with van der Waals surface area (Å²) in [6, 6.07) is 0. The predicted octanol–water partition coefficient (Wildman–Crippen LogP) is 3.21. The van der Waals surface area contributed by atoms with E-state index >= 15 is 0 Å². The van der Waals surface area contributed by atoms with E-state index in [1.54, 1.807) is 10.9 Å². The lowest BCUT2D eigenvalue weighted by Crippen LogP contribution is -2.33. The molecule has 17 heavy (non-hydrogen) atoms. The van der Waals surface area contributed by atoms with Crippen LogP contribution in [0.5, 0.6) is 0 Å². The molecule has 0 amide bonds. The monoisotopic (exact) mass is 412 g/mol. The van der Waals surface area contributed by atoms with Crippen molar-refractivity contribution in [1.82, 2.24) is 9.55 Å². The molecule has 1 rings (SSSR count). The van der Waals surface area contributed by atoms with E-state index in [4.69, 9.17) is 0 Å². The van der Waals surface area contributed by atoms with Crippen LogP contribution in [0.4, 0.5) is 0 Å². The Morgan fingerprint density at radius 2 is 2.12 bits per heavy atom. The summed E-state index contributed by atoms with van der Waals surface area (Å²) in [6.07, 6.45) is 1.65. The fraction of sp³-hybridized carbons (Fsp3) is 0.667. The van der Waals surface area contributed by atoms with Crippen LogP contribution in [0.25, 0.3) is 0 Å². The number of hydrogen-bond acceptors (Lipinski definition) is 2. The van der Waals surface area contributed by atoms with Gasteiger partial charge < -0.3 is 0 Å². The van der Waals surface area contributed by atoms with Crippen molar-refractivity contribution in [1.29, 1.82) is 0 Å². The number of hydrogen-bond donors (Lipinski definition) is 0. The molecule has 0 aliphatic rings. The van der Waals surface area contributed by atoms with Crippen LogP contribution < -0.4 is 5.56 Å². The molecule has 1 unspecified atom stereocenters. The Morgan fingerprint density at radius 3 is 2.59 bits per heavy atom. The minimum absolute atomic E-state index is 0.0632. The van der Waals surface area contributed by atoms with Gasteiger partial charge in [0.25, 0.3) is 5.56 Å². The standard InChI is InChI=1S/C12H18BrIN2O/c1-8-10(14)11(17)16(7-15-8)6-9(5-13)12(2,3)4/h7,9H,5-6H2,1-4H3. The van der Waals surface area contributed by atoms with E-state index in [0.29, 0.717) is 16.0 Å². The third kappa shape index (κ3) is 3.77. The number of nitrogens with zero attached hydrogens (tertiary/aromatic N) is 2. The smallest absolute Gasteiger partial charge is 0.267 e. The highest BCUT2D eigenvalue weighted by molar-refractivity contribution is 14.1. The molecule has 0 aliphatic carbocycles. The van der Waals surface area contributed by atoms with Crippen molar-refractivity contribution in [2.45, 2.75) is 34.2 Å². The molecule has 3 nitrogen and oxygen atoms in total. The van der Waals surface area contributed by atoms with Gasteiger partial charge in [-0.05, 0) is 40.8 Å².